The summed E-state index contributed by atoms with van der Waals surface area (Å²) in [5, 5.41) is 35.5. The van der Waals surface area contributed by atoms with Gasteiger partial charge in [-0.3, -0.25) is 13.6 Å². The Morgan fingerprint density at radius 1 is 1.26 bits per heavy atom. The summed E-state index contributed by atoms with van der Waals surface area (Å²) in [7, 11) is -3.33. The van der Waals surface area contributed by atoms with Crippen LogP contribution in [0.25, 0.3) is 11.0 Å². The third kappa shape index (κ3) is 5.82. The fourth-order valence-corrected chi connectivity index (χ4v) is 8.02. The van der Waals surface area contributed by atoms with Crippen LogP contribution in [0.15, 0.2) is 12.5 Å². The van der Waals surface area contributed by atoms with Crippen LogP contribution in [0, 0.1) is 0 Å². The van der Waals surface area contributed by atoms with Gasteiger partial charge in [0.2, 0.25) is 0 Å². The fraction of sp³-hybridized carbons (Fsp3) is 0.684. The van der Waals surface area contributed by atoms with Crippen molar-refractivity contribution in [2.45, 2.75) is 59.8 Å². The molecule has 0 bridgehead atoms. The Hall–Kier alpha value is -0.400. The highest BCUT2D eigenvalue weighted by molar-refractivity contribution is 14.1. The second kappa shape index (κ2) is 11.8. The van der Waals surface area contributed by atoms with E-state index in [0.717, 1.165) is 30.3 Å². The van der Waals surface area contributed by atoms with Crippen molar-refractivity contribution in [2.75, 3.05) is 25.1 Å². The summed E-state index contributed by atoms with van der Waals surface area (Å²) in [4.78, 5) is 17.7. The van der Waals surface area contributed by atoms with E-state index in [1.165, 1.54) is 6.33 Å². The molecular formula is C19H27IN4O11P2S. The second-order valence-corrected chi connectivity index (χ2v) is 13.8. The standard InChI is InChI=1S/C19H27IN4O11P2S/c20-16-15(34-36(28)29)12(26)10(32-16)6-31-37(30,38)35-14-9(5-25)33-19(13(14)27)24-4-8-2-1-3-21-17-11(8)18(24)23-7-22-17/h4,7,9-10,12-16,19,25-27,36H,1-3,5-6H2,(H,28,29)(H,30,38)(H,21,22,23)/t9-,10-,12-,13-,14-,15-,16-,19-,37?/m1/s1. The van der Waals surface area contributed by atoms with Crippen molar-refractivity contribution >= 4 is 66.7 Å². The van der Waals surface area contributed by atoms with Gasteiger partial charge in [-0.1, -0.05) is 12.2 Å². The number of hydrogen-bond donors (Lipinski definition) is 6. The molecule has 19 heteroatoms. The lowest BCUT2D eigenvalue weighted by Gasteiger charge is -2.24. The van der Waals surface area contributed by atoms with Crippen molar-refractivity contribution < 1.29 is 52.4 Å². The highest BCUT2D eigenvalue weighted by atomic mass is 127. The number of thiol groups is 1. The third-order valence-corrected chi connectivity index (χ3v) is 9.63. The van der Waals surface area contributed by atoms with Crippen molar-refractivity contribution in [3.63, 3.8) is 0 Å². The van der Waals surface area contributed by atoms with Gasteiger partial charge >= 0.3 is 15.1 Å². The number of ether oxygens (including phenoxy) is 2. The maximum absolute atomic E-state index is 13.1. The molecule has 10 atom stereocenters. The number of aliphatic hydroxyl groups excluding tert-OH is 3. The fourth-order valence-electron chi connectivity index (χ4n) is 4.81. The molecule has 5 heterocycles. The SMILES string of the molecule is O=[PH](O)O[C@@H]1[C@H](O)[C@@H](COP(=O)(S)O[C@H]2[C@@H](O)[C@H](n3cc4c5c(ncnc53)NCCC4)O[C@@H]2CO)O[C@H]1I. The van der Waals surface area contributed by atoms with E-state index in [-0.39, 0.29) is 0 Å². The molecule has 5 rings (SSSR count). The van der Waals surface area contributed by atoms with E-state index in [1.807, 2.05) is 6.20 Å². The molecule has 0 aromatic carbocycles. The van der Waals surface area contributed by atoms with E-state index >= 15 is 0 Å². The van der Waals surface area contributed by atoms with Gasteiger partial charge in [-0.05, 0) is 41.0 Å². The predicted molar refractivity (Wildman–Crippen MR) is 144 cm³/mol. The second-order valence-electron chi connectivity index (χ2n) is 8.95. The average molecular weight is 708 g/mol. The lowest BCUT2D eigenvalue weighted by molar-refractivity contribution is -0.0506. The van der Waals surface area contributed by atoms with Crippen LogP contribution in [0.1, 0.15) is 18.2 Å². The number of aromatic nitrogens is 3. The molecule has 3 aliphatic heterocycles. The zero-order valence-electron chi connectivity index (χ0n) is 19.6. The Labute approximate surface area is 235 Å². The average Bonchev–Trinajstić information content (AvgIpc) is 3.40. The highest BCUT2D eigenvalue weighted by Crippen LogP contribution is 2.56. The van der Waals surface area contributed by atoms with E-state index < -0.39 is 75.2 Å². The maximum Gasteiger partial charge on any atom is 0.386 e. The van der Waals surface area contributed by atoms with Gasteiger partial charge in [0.25, 0.3) is 0 Å². The van der Waals surface area contributed by atoms with Crippen LogP contribution < -0.4 is 5.32 Å². The van der Waals surface area contributed by atoms with Gasteiger partial charge in [0.05, 0.1) is 18.6 Å². The molecule has 2 saturated heterocycles. The van der Waals surface area contributed by atoms with Crippen molar-refractivity contribution in [2.24, 2.45) is 0 Å². The van der Waals surface area contributed by atoms with Crippen LogP contribution in [0.5, 0.6) is 0 Å². The summed E-state index contributed by atoms with van der Waals surface area (Å²) < 4.78 is 52.0. The summed E-state index contributed by atoms with van der Waals surface area (Å²) in [5.74, 6) is 0.678. The van der Waals surface area contributed by atoms with Gasteiger partial charge in [0.15, 0.2) is 6.23 Å². The topological polar surface area (TPSA) is 204 Å². The summed E-state index contributed by atoms with van der Waals surface area (Å²) in [6.07, 6.45) is -3.40. The summed E-state index contributed by atoms with van der Waals surface area (Å²) in [5.41, 5.74) is 1.50. The molecule has 0 aliphatic carbocycles. The lowest BCUT2D eigenvalue weighted by atomic mass is 10.1. The minimum absolute atomic E-state index is 0.456. The van der Waals surface area contributed by atoms with Crippen LogP contribution in [-0.4, -0.2) is 95.2 Å². The number of hydrogen-bond acceptors (Lipinski definition) is 13. The molecule has 5 N–H and O–H groups in total. The first-order valence-corrected chi connectivity index (χ1v) is 16.9. The Kier molecular flexibility index (Phi) is 9.07. The van der Waals surface area contributed by atoms with Gasteiger partial charge in [-0.2, -0.15) is 0 Å². The van der Waals surface area contributed by atoms with Gasteiger partial charge in [0, 0.05) is 12.7 Å². The summed E-state index contributed by atoms with van der Waals surface area (Å²) in [6.45, 7) is -4.43. The number of rotatable bonds is 9. The van der Waals surface area contributed by atoms with Gasteiger partial charge in [-0.15, -0.1) is 0 Å². The van der Waals surface area contributed by atoms with Crippen LogP contribution in [0.3, 0.4) is 0 Å². The number of nitrogens with one attached hydrogen (secondary N) is 1. The van der Waals surface area contributed by atoms with Crippen molar-refractivity contribution in [3.8, 4) is 0 Å². The maximum atomic E-state index is 13.1. The molecule has 0 spiro atoms. The van der Waals surface area contributed by atoms with Crippen molar-refractivity contribution in [3.05, 3.63) is 18.1 Å². The first-order chi connectivity index (χ1) is 18.1. The first-order valence-electron chi connectivity index (χ1n) is 11.6. The smallest absolute Gasteiger partial charge is 0.386 e. The van der Waals surface area contributed by atoms with E-state index in [9.17, 15) is 24.4 Å². The van der Waals surface area contributed by atoms with E-state index in [0.29, 0.717) is 11.5 Å². The van der Waals surface area contributed by atoms with E-state index in [4.69, 9.17) is 27.9 Å². The number of aryl methyl sites for hydroxylation is 1. The monoisotopic (exact) mass is 708 g/mol. The molecule has 0 saturated carbocycles. The largest absolute Gasteiger partial charge is 0.394 e. The molecule has 2 fully saturated rings. The first kappa shape index (κ1) is 29.1. The quantitative estimate of drug-likeness (QED) is 0.0923. The molecule has 2 aromatic heterocycles. The van der Waals surface area contributed by atoms with Crippen LogP contribution in [-0.2, 0) is 38.6 Å². The van der Waals surface area contributed by atoms with Crippen LogP contribution >= 0.6 is 49.9 Å². The number of anilines is 1. The highest BCUT2D eigenvalue weighted by Gasteiger charge is 2.50. The molecule has 212 valence electrons. The molecule has 3 aliphatic rings. The number of nitrogens with zero attached hydrogens (tertiary/aromatic N) is 3. The van der Waals surface area contributed by atoms with E-state index in [2.05, 4.69) is 27.5 Å². The zero-order valence-corrected chi connectivity index (χ0v) is 24.5. The Morgan fingerprint density at radius 3 is 2.79 bits per heavy atom. The van der Waals surface area contributed by atoms with E-state index in [1.54, 1.807) is 27.2 Å². The Morgan fingerprint density at radius 2 is 2.05 bits per heavy atom. The Bertz CT molecular complexity index is 1240. The predicted octanol–water partition coefficient (Wildman–Crippen LogP) is 0.768. The molecule has 15 nitrogen and oxygen atoms in total. The van der Waals surface area contributed by atoms with Crippen molar-refractivity contribution in [1.29, 1.82) is 0 Å². The van der Waals surface area contributed by atoms with Crippen molar-refractivity contribution in [1.82, 2.24) is 14.5 Å². The number of aliphatic hydroxyl groups is 3. The van der Waals surface area contributed by atoms with Crippen LogP contribution in [0.4, 0.5) is 5.82 Å². The van der Waals surface area contributed by atoms with Gasteiger partial charge in [-0.25, -0.2) is 14.5 Å². The molecule has 2 unspecified atom stereocenters. The molecular weight excluding hydrogens is 681 g/mol. The lowest BCUT2D eigenvalue weighted by Crippen LogP contribution is -2.36. The zero-order chi connectivity index (χ0) is 27.2. The van der Waals surface area contributed by atoms with Gasteiger partial charge < -0.3 is 44.1 Å². The van der Waals surface area contributed by atoms with Crippen LogP contribution in [0.2, 0.25) is 0 Å². The number of halogens is 1. The molecule has 0 radical (unpaired) electrons. The normalized spacial score (nSPS) is 35.6. The minimum atomic E-state index is -4.19. The summed E-state index contributed by atoms with van der Waals surface area (Å²) in [6, 6.07) is 0. The third-order valence-electron chi connectivity index (χ3n) is 6.54. The minimum Gasteiger partial charge on any atom is -0.394 e. The molecule has 2 aromatic rings. The molecule has 38 heavy (non-hydrogen) atoms. The summed E-state index contributed by atoms with van der Waals surface area (Å²) >= 11 is 5.77. The Balaban J connectivity index is 1.29. The molecule has 0 amide bonds. The van der Waals surface area contributed by atoms with Gasteiger partial charge in [0.1, 0.15) is 58.5 Å². The number of alkyl halides is 1.